The Morgan fingerprint density at radius 1 is 1.15 bits per heavy atom. The molecule has 0 aliphatic carbocycles. The van der Waals surface area contributed by atoms with Crippen LogP contribution in [0.1, 0.15) is 34.5 Å². The minimum Gasteiger partial charge on any atom is -0.345 e. The number of aromatic nitrogens is 1. The van der Waals surface area contributed by atoms with Crippen LogP contribution in [0.3, 0.4) is 0 Å². The van der Waals surface area contributed by atoms with Crippen molar-refractivity contribution in [3.63, 3.8) is 0 Å². The molecule has 34 heavy (non-hydrogen) atoms. The normalized spacial score (nSPS) is 12.6. The monoisotopic (exact) mass is 489 g/mol. The highest BCUT2D eigenvalue weighted by atomic mass is 32.2. The Kier molecular flexibility index (Phi) is 7.41. The average molecular weight is 490 g/mol. The van der Waals surface area contributed by atoms with E-state index in [1.807, 2.05) is 0 Å². The number of halogens is 3. The Hall–Kier alpha value is -3.66. The van der Waals surface area contributed by atoms with Gasteiger partial charge in [0, 0.05) is 18.0 Å². The summed E-state index contributed by atoms with van der Waals surface area (Å²) < 4.78 is 67.0. The number of hydrogen-bond donors (Lipinski definition) is 1. The van der Waals surface area contributed by atoms with Crippen LogP contribution >= 0.6 is 0 Å². The van der Waals surface area contributed by atoms with E-state index in [0.29, 0.717) is 0 Å². The predicted molar refractivity (Wildman–Crippen MR) is 123 cm³/mol. The number of nitrogens with one attached hydrogen (secondary N) is 1. The van der Waals surface area contributed by atoms with Gasteiger partial charge in [0.15, 0.2) is 0 Å². The molecule has 0 fully saturated rings. The van der Waals surface area contributed by atoms with E-state index in [2.05, 4.69) is 16.9 Å². The van der Waals surface area contributed by atoms with Gasteiger partial charge in [-0.3, -0.25) is 14.1 Å². The van der Waals surface area contributed by atoms with Crippen molar-refractivity contribution in [2.24, 2.45) is 0 Å². The highest BCUT2D eigenvalue weighted by molar-refractivity contribution is 7.92. The van der Waals surface area contributed by atoms with Crippen molar-refractivity contribution in [3.8, 4) is 0 Å². The molecule has 1 aromatic heterocycles. The fourth-order valence-electron chi connectivity index (χ4n) is 3.22. The second-order valence-corrected chi connectivity index (χ2v) is 9.24. The van der Waals surface area contributed by atoms with E-state index >= 15 is 0 Å². The fourth-order valence-corrected chi connectivity index (χ4v) is 4.69. The molecule has 0 saturated heterocycles. The lowest BCUT2D eigenvalue weighted by Gasteiger charge is -2.24. The first-order valence-corrected chi connectivity index (χ1v) is 11.6. The molecule has 1 amide bonds. The van der Waals surface area contributed by atoms with Crippen molar-refractivity contribution in [3.05, 3.63) is 102 Å². The first-order chi connectivity index (χ1) is 16.0. The molecule has 0 radical (unpaired) electrons. The molecule has 3 aromatic rings. The van der Waals surface area contributed by atoms with Gasteiger partial charge in [-0.05, 0) is 55.0 Å². The largest absolute Gasteiger partial charge is 0.416 e. The second kappa shape index (κ2) is 10.1. The summed E-state index contributed by atoms with van der Waals surface area (Å²) in [5.41, 5.74) is -0.303. The smallest absolute Gasteiger partial charge is 0.345 e. The zero-order chi connectivity index (χ0) is 24.9. The summed E-state index contributed by atoms with van der Waals surface area (Å²) in [5.74, 6) is -0.511. The van der Waals surface area contributed by atoms with E-state index < -0.39 is 27.7 Å². The van der Waals surface area contributed by atoms with Gasteiger partial charge in [0.2, 0.25) is 0 Å². The van der Waals surface area contributed by atoms with Gasteiger partial charge >= 0.3 is 6.18 Å². The molecule has 0 bridgehead atoms. The Morgan fingerprint density at radius 2 is 1.88 bits per heavy atom. The van der Waals surface area contributed by atoms with E-state index in [1.165, 1.54) is 36.4 Å². The first-order valence-electron chi connectivity index (χ1n) is 10.2. The number of nitrogens with zero attached hydrogens (tertiary/aromatic N) is 2. The van der Waals surface area contributed by atoms with Crippen LogP contribution in [-0.4, -0.2) is 25.9 Å². The van der Waals surface area contributed by atoms with Gasteiger partial charge in [-0.1, -0.05) is 24.3 Å². The number of pyridine rings is 1. The maximum atomic E-state index is 13.4. The molecule has 1 atom stereocenters. The van der Waals surface area contributed by atoms with Crippen molar-refractivity contribution >= 4 is 21.6 Å². The Morgan fingerprint density at radius 3 is 2.53 bits per heavy atom. The number of hydrogen-bond acceptors (Lipinski definition) is 4. The van der Waals surface area contributed by atoms with Crippen LogP contribution in [0, 0.1) is 0 Å². The summed E-state index contributed by atoms with van der Waals surface area (Å²) in [6.07, 6.45) is -0.160. The third kappa shape index (κ3) is 5.63. The average Bonchev–Trinajstić information content (AvgIpc) is 2.82. The van der Waals surface area contributed by atoms with Crippen molar-refractivity contribution in [2.75, 3.05) is 10.8 Å². The van der Waals surface area contributed by atoms with E-state index in [9.17, 15) is 26.4 Å². The maximum absolute atomic E-state index is 13.4. The molecule has 6 nitrogen and oxygen atoms in total. The number of carbonyl (C=O) groups excluding carboxylic acids is 1. The Balaban J connectivity index is 1.93. The number of sulfonamides is 1. The number of alkyl halides is 3. The highest BCUT2D eigenvalue weighted by Gasteiger charge is 2.32. The van der Waals surface area contributed by atoms with E-state index in [1.54, 1.807) is 31.5 Å². The number of anilines is 1. The lowest BCUT2D eigenvalue weighted by molar-refractivity contribution is -0.137. The number of amides is 1. The SMILES string of the molecule is C=CCN(c1cccc(C(F)(F)F)c1)S(=O)(=O)c1cccc(C(=O)NC(C)c2cccnc2)c1. The zero-order valence-corrected chi connectivity index (χ0v) is 19.0. The molecule has 1 unspecified atom stereocenters. The summed E-state index contributed by atoms with van der Waals surface area (Å²) in [6, 6.07) is 12.5. The molecule has 3 rings (SSSR count). The van der Waals surface area contributed by atoms with Crippen LogP contribution in [0.2, 0.25) is 0 Å². The molecule has 1 N–H and O–H groups in total. The van der Waals surface area contributed by atoms with Crippen molar-refractivity contribution < 1.29 is 26.4 Å². The van der Waals surface area contributed by atoms with Gasteiger partial charge < -0.3 is 5.32 Å². The minimum atomic E-state index is -4.64. The molecule has 10 heteroatoms. The molecule has 0 saturated carbocycles. The number of rotatable bonds is 8. The number of carbonyl (C=O) groups is 1. The third-order valence-electron chi connectivity index (χ3n) is 4.97. The lowest BCUT2D eigenvalue weighted by Crippen LogP contribution is -2.32. The van der Waals surface area contributed by atoms with Gasteiger partial charge in [0.1, 0.15) is 0 Å². The fraction of sp³-hybridized carbons (Fsp3) is 0.167. The molecule has 0 aliphatic rings. The molecule has 178 valence electrons. The highest BCUT2D eigenvalue weighted by Crippen LogP contribution is 2.33. The van der Waals surface area contributed by atoms with Crippen LogP contribution < -0.4 is 9.62 Å². The zero-order valence-electron chi connectivity index (χ0n) is 18.2. The van der Waals surface area contributed by atoms with Crippen molar-refractivity contribution in [1.29, 1.82) is 0 Å². The molecule has 0 spiro atoms. The van der Waals surface area contributed by atoms with Crippen LogP contribution in [0.15, 0.2) is 90.6 Å². The van der Waals surface area contributed by atoms with Gasteiger partial charge in [-0.2, -0.15) is 13.2 Å². The maximum Gasteiger partial charge on any atom is 0.416 e. The van der Waals surface area contributed by atoms with E-state index in [-0.39, 0.29) is 28.7 Å². The Labute approximate surface area is 195 Å². The van der Waals surface area contributed by atoms with Crippen LogP contribution in [0.25, 0.3) is 0 Å². The van der Waals surface area contributed by atoms with Crippen LogP contribution in [0.5, 0.6) is 0 Å². The molecular weight excluding hydrogens is 467 g/mol. The molecule has 2 aromatic carbocycles. The summed E-state index contributed by atoms with van der Waals surface area (Å²) in [7, 11) is -4.31. The summed E-state index contributed by atoms with van der Waals surface area (Å²) >= 11 is 0. The summed E-state index contributed by atoms with van der Waals surface area (Å²) in [5, 5.41) is 2.77. The van der Waals surface area contributed by atoms with Gasteiger partial charge in [0.25, 0.3) is 15.9 Å². The molecule has 1 heterocycles. The number of benzene rings is 2. The van der Waals surface area contributed by atoms with Gasteiger partial charge in [-0.15, -0.1) is 6.58 Å². The first kappa shape index (κ1) is 25.0. The minimum absolute atomic E-state index is 0.0828. The Bertz CT molecular complexity index is 1280. The molecular formula is C24H22F3N3O3S. The molecule has 0 aliphatic heterocycles. The predicted octanol–water partition coefficient (Wildman–Crippen LogP) is 4.97. The lowest BCUT2D eigenvalue weighted by atomic mass is 10.1. The van der Waals surface area contributed by atoms with E-state index in [4.69, 9.17) is 0 Å². The topological polar surface area (TPSA) is 79.4 Å². The van der Waals surface area contributed by atoms with Gasteiger partial charge in [0.05, 0.1) is 28.7 Å². The second-order valence-electron chi connectivity index (χ2n) is 7.38. The summed E-state index contributed by atoms with van der Waals surface area (Å²) in [4.78, 5) is 16.5. The van der Waals surface area contributed by atoms with Gasteiger partial charge in [-0.25, -0.2) is 8.42 Å². The standard InChI is InChI=1S/C24H22F3N3O3S/c1-3-13-30(21-10-5-9-20(15-21)24(25,26)27)34(32,33)22-11-4-7-18(14-22)23(31)29-17(2)19-8-6-12-28-16-19/h3-12,14-17H,1,13H2,2H3,(H,29,31). The van der Waals surface area contributed by atoms with E-state index in [0.717, 1.165) is 28.1 Å². The van der Waals surface area contributed by atoms with Crippen LogP contribution in [0.4, 0.5) is 18.9 Å². The van der Waals surface area contributed by atoms with Crippen LogP contribution in [-0.2, 0) is 16.2 Å². The summed E-state index contributed by atoms with van der Waals surface area (Å²) in [6.45, 7) is 5.01. The van der Waals surface area contributed by atoms with Crippen molar-refractivity contribution in [2.45, 2.75) is 24.0 Å². The quantitative estimate of drug-likeness (QED) is 0.453. The third-order valence-corrected chi connectivity index (χ3v) is 6.76. The van der Waals surface area contributed by atoms with Crippen molar-refractivity contribution in [1.82, 2.24) is 10.3 Å².